The zero-order valence-corrected chi connectivity index (χ0v) is 20.5. The molecule has 0 aliphatic carbocycles. The van der Waals surface area contributed by atoms with E-state index >= 15 is 0 Å². The number of anilines is 2. The first-order chi connectivity index (χ1) is 17.1. The van der Waals surface area contributed by atoms with Gasteiger partial charge in [-0.15, -0.1) is 0 Å². The molecule has 2 aromatic heterocycles. The maximum absolute atomic E-state index is 13.2. The summed E-state index contributed by atoms with van der Waals surface area (Å²) in [4.78, 5) is 21.9. The molecule has 0 saturated carbocycles. The van der Waals surface area contributed by atoms with Crippen molar-refractivity contribution < 1.29 is 18.0 Å². The van der Waals surface area contributed by atoms with E-state index in [0.717, 1.165) is 30.8 Å². The van der Waals surface area contributed by atoms with Crippen molar-refractivity contribution in [1.29, 1.82) is 0 Å². The van der Waals surface area contributed by atoms with Crippen LogP contribution in [0.2, 0.25) is 5.02 Å². The average Bonchev–Trinajstić information content (AvgIpc) is 3.13. The molecule has 0 fully saturated rings. The first kappa shape index (κ1) is 25.5. The summed E-state index contributed by atoms with van der Waals surface area (Å²) in [6, 6.07) is 13.3. The number of carbonyl (C=O) groups is 1. The van der Waals surface area contributed by atoms with Crippen LogP contribution < -0.4 is 10.6 Å². The van der Waals surface area contributed by atoms with Gasteiger partial charge in [-0.2, -0.15) is 13.2 Å². The predicted molar refractivity (Wildman–Crippen MR) is 136 cm³/mol. The van der Waals surface area contributed by atoms with E-state index < -0.39 is 17.8 Å². The van der Waals surface area contributed by atoms with Crippen molar-refractivity contribution in [2.24, 2.45) is 0 Å². The molecule has 0 bridgehead atoms. The zero-order valence-electron chi connectivity index (χ0n) is 19.8. The van der Waals surface area contributed by atoms with Gasteiger partial charge in [-0.05, 0) is 55.3 Å². The summed E-state index contributed by atoms with van der Waals surface area (Å²) < 4.78 is 41.5. The van der Waals surface area contributed by atoms with E-state index in [1.807, 2.05) is 4.57 Å². The lowest BCUT2D eigenvalue weighted by molar-refractivity contribution is -0.137. The van der Waals surface area contributed by atoms with E-state index in [2.05, 4.69) is 22.5 Å². The fourth-order valence-electron chi connectivity index (χ4n) is 3.88. The quantitative estimate of drug-likeness (QED) is 0.268. The summed E-state index contributed by atoms with van der Waals surface area (Å²) >= 11 is 5.97. The maximum Gasteiger partial charge on any atom is 0.416 e. The number of unbranched alkanes of at least 4 members (excludes halogenated alkanes) is 1. The molecule has 0 unspecified atom stereocenters. The smallest absolute Gasteiger partial charge is 0.308 e. The fraction of sp³-hybridized carbons (Fsp3) is 0.269. The molecule has 4 aromatic rings. The maximum atomic E-state index is 13.2. The van der Waals surface area contributed by atoms with Crippen LogP contribution in [-0.2, 0) is 19.1 Å². The summed E-state index contributed by atoms with van der Waals surface area (Å²) in [7, 11) is 0. The van der Waals surface area contributed by atoms with Gasteiger partial charge in [0.1, 0.15) is 11.3 Å². The van der Waals surface area contributed by atoms with Crippen LogP contribution in [0.25, 0.3) is 11.2 Å². The Hall–Kier alpha value is -3.59. The zero-order chi connectivity index (χ0) is 25.9. The normalized spacial score (nSPS) is 11.6. The number of urea groups is 1. The molecule has 10 heteroatoms. The van der Waals surface area contributed by atoms with E-state index in [1.165, 1.54) is 6.07 Å². The van der Waals surface area contributed by atoms with Gasteiger partial charge in [0.25, 0.3) is 0 Å². The second-order valence-electron chi connectivity index (χ2n) is 8.47. The molecule has 0 radical (unpaired) electrons. The first-order valence-electron chi connectivity index (χ1n) is 11.5. The molecule has 0 aliphatic rings. The summed E-state index contributed by atoms with van der Waals surface area (Å²) in [5.74, 6) is 0.733. The van der Waals surface area contributed by atoms with E-state index in [0.29, 0.717) is 45.2 Å². The lowest BCUT2D eigenvalue weighted by Crippen LogP contribution is -2.20. The molecule has 2 heterocycles. The number of halogens is 4. The molecule has 0 spiro atoms. The number of pyridine rings is 1. The standard InChI is InChI=1S/C26H25ClF3N5O/c1-3-4-11-23-33-22-14-21(34-25(36)32-20-10-6-9-19(27)13-20)16(2)31-24(22)35(23)15-17-7-5-8-18(12-17)26(28,29)30/h5-10,12-14H,3-4,11,15H2,1-2H3,(H2,32,34,36). The molecule has 2 amide bonds. The number of benzene rings is 2. The Morgan fingerprint density at radius 3 is 2.56 bits per heavy atom. The average molecular weight is 516 g/mol. The van der Waals surface area contributed by atoms with Crippen molar-refractivity contribution in [3.8, 4) is 0 Å². The minimum atomic E-state index is -4.42. The van der Waals surface area contributed by atoms with Crippen molar-refractivity contribution in [1.82, 2.24) is 14.5 Å². The van der Waals surface area contributed by atoms with Crippen LogP contribution in [0.15, 0.2) is 54.6 Å². The third-order valence-electron chi connectivity index (χ3n) is 5.67. The Morgan fingerprint density at radius 1 is 1.06 bits per heavy atom. The van der Waals surface area contributed by atoms with E-state index in [9.17, 15) is 18.0 Å². The Bertz CT molecular complexity index is 1400. The molecule has 2 aromatic carbocycles. The highest BCUT2D eigenvalue weighted by molar-refractivity contribution is 6.30. The topological polar surface area (TPSA) is 71.8 Å². The fourth-order valence-corrected chi connectivity index (χ4v) is 4.07. The predicted octanol–water partition coefficient (Wildman–Crippen LogP) is 7.45. The van der Waals surface area contributed by atoms with Gasteiger partial charge in [-0.25, -0.2) is 14.8 Å². The van der Waals surface area contributed by atoms with E-state index in [1.54, 1.807) is 43.3 Å². The molecule has 4 rings (SSSR count). The molecule has 6 nitrogen and oxygen atoms in total. The Balaban J connectivity index is 1.65. The molecule has 188 valence electrons. The van der Waals surface area contributed by atoms with Crippen LogP contribution in [0.4, 0.5) is 29.3 Å². The Morgan fingerprint density at radius 2 is 1.83 bits per heavy atom. The lowest BCUT2D eigenvalue weighted by atomic mass is 10.1. The first-order valence-corrected chi connectivity index (χ1v) is 11.9. The van der Waals surface area contributed by atoms with Crippen molar-refractivity contribution in [2.45, 2.75) is 45.8 Å². The number of hydrogen-bond acceptors (Lipinski definition) is 3. The highest BCUT2D eigenvalue weighted by Crippen LogP contribution is 2.30. The number of rotatable bonds is 7. The van der Waals surface area contributed by atoms with Crippen molar-refractivity contribution in [3.63, 3.8) is 0 Å². The number of aryl methyl sites for hydroxylation is 2. The van der Waals surface area contributed by atoms with Gasteiger partial charge in [-0.1, -0.05) is 43.1 Å². The van der Waals surface area contributed by atoms with E-state index in [-0.39, 0.29) is 6.54 Å². The van der Waals surface area contributed by atoms with Gasteiger partial charge in [0.05, 0.1) is 23.5 Å². The van der Waals surface area contributed by atoms with Gasteiger partial charge in [0, 0.05) is 17.1 Å². The third-order valence-corrected chi connectivity index (χ3v) is 5.91. The number of fused-ring (bicyclic) bond motifs is 1. The van der Waals surface area contributed by atoms with Crippen LogP contribution in [0.3, 0.4) is 0 Å². The molecule has 0 aliphatic heterocycles. The number of carbonyl (C=O) groups excluding carboxylic acids is 1. The summed E-state index contributed by atoms with van der Waals surface area (Å²) in [6.45, 7) is 4.01. The highest BCUT2D eigenvalue weighted by Gasteiger charge is 2.30. The van der Waals surface area contributed by atoms with Crippen LogP contribution in [0.1, 0.15) is 42.4 Å². The minimum absolute atomic E-state index is 0.202. The largest absolute Gasteiger partial charge is 0.416 e. The lowest BCUT2D eigenvalue weighted by Gasteiger charge is -2.13. The minimum Gasteiger partial charge on any atom is -0.308 e. The summed E-state index contributed by atoms with van der Waals surface area (Å²) in [5, 5.41) is 6.01. The summed E-state index contributed by atoms with van der Waals surface area (Å²) in [6.07, 6.45) is -1.95. The second kappa shape index (κ2) is 10.6. The number of hydrogen-bond donors (Lipinski definition) is 2. The molecule has 36 heavy (non-hydrogen) atoms. The molecule has 0 saturated heterocycles. The number of aromatic nitrogens is 3. The molecule has 0 atom stereocenters. The van der Waals surface area contributed by atoms with Crippen LogP contribution in [-0.4, -0.2) is 20.6 Å². The van der Waals surface area contributed by atoms with Crippen LogP contribution in [0.5, 0.6) is 0 Å². The molecular weight excluding hydrogens is 491 g/mol. The number of nitrogens with zero attached hydrogens (tertiary/aromatic N) is 3. The van der Waals surface area contributed by atoms with Crippen molar-refractivity contribution in [2.75, 3.05) is 10.6 Å². The van der Waals surface area contributed by atoms with Crippen LogP contribution in [0, 0.1) is 6.92 Å². The van der Waals surface area contributed by atoms with Gasteiger partial charge in [0.2, 0.25) is 0 Å². The summed E-state index contributed by atoms with van der Waals surface area (Å²) in [5.41, 5.74) is 2.49. The highest BCUT2D eigenvalue weighted by atomic mass is 35.5. The number of imidazole rings is 1. The van der Waals surface area contributed by atoms with Crippen LogP contribution >= 0.6 is 11.6 Å². The van der Waals surface area contributed by atoms with Gasteiger partial charge in [0.15, 0.2) is 5.65 Å². The van der Waals surface area contributed by atoms with E-state index in [4.69, 9.17) is 16.6 Å². The number of alkyl halides is 3. The Kier molecular flexibility index (Phi) is 7.49. The number of nitrogens with one attached hydrogen (secondary N) is 2. The van der Waals surface area contributed by atoms with Gasteiger partial charge >= 0.3 is 12.2 Å². The number of amides is 2. The van der Waals surface area contributed by atoms with Crippen molar-refractivity contribution in [3.05, 3.63) is 82.3 Å². The third kappa shape index (κ3) is 5.96. The SMILES string of the molecule is CCCCc1nc2cc(NC(=O)Nc3cccc(Cl)c3)c(C)nc2n1Cc1cccc(C(F)(F)F)c1. The van der Waals surface area contributed by atoms with Gasteiger partial charge in [-0.3, -0.25) is 0 Å². The Labute approximate surface area is 211 Å². The van der Waals surface area contributed by atoms with Crippen molar-refractivity contribution >= 4 is 40.2 Å². The monoisotopic (exact) mass is 515 g/mol. The molecule has 2 N–H and O–H groups in total. The molecular formula is C26H25ClF3N5O. The second-order valence-corrected chi connectivity index (χ2v) is 8.91. The van der Waals surface area contributed by atoms with Gasteiger partial charge < -0.3 is 15.2 Å².